The quantitative estimate of drug-likeness (QED) is 0.732. The number of methoxy groups -OCH3 is 1. The van der Waals surface area contributed by atoms with Crippen molar-refractivity contribution in [2.45, 2.75) is 6.04 Å². The number of nitrogens with two attached hydrogens (primary N) is 1. The summed E-state index contributed by atoms with van der Waals surface area (Å²) in [5, 5.41) is 0. The molecule has 12 heavy (non-hydrogen) atoms. The van der Waals surface area contributed by atoms with Crippen LogP contribution in [0, 0.1) is 5.82 Å². The first-order valence-corrected chi connectivity index (χ1v) is 3.59. The van der Waals surface area contributed by atoms with Crippen LogP contribution in [0.4, 0.5) is 4.39 Å². The summed E-state index contributed by atoms with van der Waals surface area (Å²) in [6.45, 7) is 0.366. The van der Waals surface area contributed by atoms with E-state index in [1.54, 1.807) is 7.11 Å². The van der Waals surface area contributed by atoms with Crippen LogP contribution in [0.3, 0.4) is 0 Å². The van der Waals surface area contributed by atoms with Crippen LogP contribution in [0.25, 0.3) is 0 Å². The first-order valence-electron chi connectivity index (χ1n) is 3.59. The summed E-state index contributed by atoms with van der Waals surface area (Å²) in [5.74, 6) is -0.376. The zero-order chi connectivity index (χ0) is 8.97. The van der Waals surface area contributed by atoms with Crippen LogP contribution in [0.15, 0.2) is 18.5 Å². The fourth-order valence-corrected chi connectivity index (χ4v) is 0.907. The highest BCUT2D eigenvalue weighted by Gasteiger charge is 2.05. The van der Waals surface area contributed by atoms with Gasteiger partial charge in [0.25, 0.3) is 0 Å². The fourth-order valence-electron chi connectivity index (χ4n) is 0.907. The fraction of sp³-hybridized carbons (Fsp3) is 0.375. The van der Waals surface area contributed by atoms with E-state index in [9.17, 15) is 4.39 Å². The van der Waals surface area contributed by atoms with Gasteiger partial charge in [-0.1, -0.05) is 0 Å². The summed E-state index contributed by atoms with van der Waals surface area (Å²) in [7, 11) is 1.55. The van der Waals surface area contributed by atoms with Gasteiger partial charge in [-0.05, 0) is 11.6 Å². The normalized spacial score (nSPS) is 12.9. The molecular weight excluding hydrogens is 159 g/mol. The Morgan fingerprint density at radius 1 is 1.67 bits per heavy atom. The number of pyridine rings is 1. The summed E-state index contributed by atoms with van der Waals surface area (Å²) in [5.41, 5.74) is 6.29. The third kappa shape index (κ3) is 2.25. The maximum atomic E-state index is 12.6. The molecule has 66 valence electrons. The summed E-state index contributed by atoms with van der Waals surface area (Å²) in [6.07, 6.45) is 2.68. The molecule has 0 aliphatic carbocycles. The van der Waals surface area contributed by atoms with E-state index in [4.69, 9.17) is 10.5 Å². The average molecular weight is 170 g/mol. The Morgan fingerprint density at radius 3 is 3.00 bits per heavy atom. The van der Waals surface area contributed by atoms with Crippen molar-refractivity contribution < 1.29 is 9.13 Å². The summed E-state index contributed by atoms with van der Waals surface area (Å²) in [4.78, 5) is 3.68. The number of nitrogens with zero attached hydrogens (tertiary/aromatic N) is 1. The first-order chi connectivity index (χ1) is 5.74. The number of halogens is 1. The van der Waals surface area contributed by atoms with Gasteiger partial charge < -0.3 is 10.5 Å². The smallest absolute Gasteiger partial charge is 0.141 e. The van der Waals surface area contributed by atoms with E-state index < -0.39 is 0 Å². The summed E-state index contributed by atoms with van der Waals surface area (Å²) >= 11 is 0. The second-order valence-corrected chi connectivity index (χ2v) is 2.50. The Labute approximate surface area is 70.4 Å². The Balaban J connectivity index is 2.73. The van der Waals surface area contributed by atoms with Gasteiger partial charge in [0.1, 0.15) is 5.82 Å². The highest BCUT2D eigenvalue weighted by Crippen LogP contribution is 2.09. The first kappa shape index (κ1) is 9.09. The van der Waals surface area contributed by atoms with Gasteiger partial charge in [0.05, 0.1) is 18.8 Å². The second kappa shape index (κ2) is 4.13. The molecule has 0 radical (unpaired) electrons. The number of ether oxygens (including phenoxy) is 1. The summed E-state index contributed by atoms with van der Waals surface area (Å²) in [6, 6.07) is 1.05. The van der Waals surface area contributed by atoms with Crippen molar-refractivity contribution in [3.63, 3.8) is 0 Å². The van der Waals surface area contributed by atoms with Gasteiger partial charge in [-0.25, -0.2) is 4.39 Å². The zero-order valence-electron chi connectivity index (χ0n) is 6.83. The van der Waals surface area contributed by atoms with E-state index >= 15 is 0 Å². The second-order valence-electron chi connectivity index (χ2n) is 2.50. The van der Waals surface area contributed by atoms with Crippen molar-refractivity contribution >= 4 is 0 Å². The van der Waals surface area contributed by atoms with Gasteiger partial charge in [0.15, 0.2) is 0 Å². The lowest BCUT2D eigenvalue weighted by Crippen LogP contribution is -2.16. The van der Waals surface area contributed by atoms with E-state index in [0.717, 1.165) is 6.20 Å². The van der Waals surface area contributed by atoms with Gasteiger partial charge in [-0.2, -0.15) is 0 Å². The van der Waals surface area contributed by atoms with Crippen molar-refractivity contribution in [2.75, 3.05) is 13.7 Å². The van der Waals surface area contributed by atoms with Crippen LogP contribution in [-0.2, 0) is 4.74 Å². The van der Waals surface area contributed by atoms with Gasteiger partial charge in [-0.15, -0.1) is 0 Å². The number of hydrogen-bond donors (Lipinski definition) is 1. The lowest BCUT2D eigenvalue weighted by atomic mass is 10.1. The molecule has 1 aromatic heterocycles. The standard InChI is InChI=1S/C8H11FN2O/c1-12-5-8(10)6-2-7(9)4-11-3-6/h2-4,8H,5,10H2,1H3. The van der Waals surface area contributed by atoms with Crippen molar-refractivity contribution in [1.82, 2.24) is 4.98 Å². The van der Waals surface area contributed by atoms with Gasteiger partial charge in [-0.3, -0.25) is 4.98 Å². The molecule has 1 rings (SSSR count). The zero-order valence-corrected chi connectivity index (χ0v) is 6.83. The molecule has 3 nitrogen and oxygen atoms in total. The van der Waals surface area contributed by atoms with Gasteiger partial charge in [0, 0.05) is 13.3 Å². The lowest BCUT2D eigenvalue weighted by Gasteiger charge is -2.09. The SMILES string of the molecule is COCC(N)c1cncc(F)c1. The van der Waals surface area contributed by atoms with Gasteiger partial charge in [0.2, 0.25) is 0 Å². The number of aromatic nitrogens is 1. The molecule has 0 saturated heterocycles. The molecule has 0 aliphatic heterocycles. The minimum atomic E-state index is -0.376. The van der Waals surface area contributed by atoms with Crippen LogP contribution in [0.1, 0.15) is 11.6 Å². The highest BCUT2D eigenvalue weighted by atomic mass is 19.1. The Morgan fingerprint density at radius 2 is 2.42 bits per heavy atom. The molecule has 1 heterocycles. The van der Waals surface area contributed by atoms with E-state index in [0.29, 0.717) is 12.2 Å². The molecule has 0 saturated carbocycles. The molecule has 0 bridgehead atoms. The third-order valence-corrected chi connectivity index (χ3v) is 1.50. The van der Waals surface area contributed by atoms with Gasteiger partial charge >= 0.3 is 0 Å². The minimum absolute atomic E-state index is 0.307. The predicted molar refractivity (Wildman–Crippen MR) is 43.0 cm³/mol. The monoisotopic (exact) mass is 170 g/mol. The number of hydrogen-bond acceptors (Lipinski definition) is 3. The maximum Gasteiger partial charge on any atom is 0.141 e. The van der Waals surface area contributed by atoms with Crippen molar-refractivity contribution in [3.8, 4) is 0 Å². The van der Waals surface area contributed by atoms with E-state index in [1.807, 2.05) is 0 Å². The van der Waals surface area contributed by atoms with Crippen LogP contribution >= 0.6 is 0 Å². The molecule has 1 aromatic rings. The maximum absolute atomic E-state index is 12.6. The Kier molecular flexibility index (Phi) is 3.13. The topological polar surface area (TPSA) is 48.1 Å². The molecule has 0 aliphatic rings. The summed E-state index contributed by atoms with van der Waals surface area (Å²) < 4.78 is 17.4. The lowest BCUT2D eigenvalue weighted by molar-refractivity contribution is 0.180. The molecule has 1 unspecified atom stereocenters. The molecule has 0 amide bonds. The Bertz CT molecular complexity index is 255. The van der Waals surface area contributed by atoms with E-state index in [2.05, 4.69) is 4.98 Å². The van der Waals surface area contributed by atoms with Crippen molar-refractivity contribution in [3.05, 3.63) is 29.8 Å². The van der Waals surface area contributed by atoms with Crippen LogP contribution in [-0.4, -0.2) is 18.7 Å². The van der Waals surface area contributed by atoms with E-state index in [1.165, 1.54) is 12.3 Å². The molecule has 0 fully saturated rings. The van der Waals surface area contributed by atoms with Crippen molar-refractivity contribution in [1.29, 1.82) is 0 Å². The highest BCUT2D eigenvalue weighted by molar-refractivity contribution is 5.14. The van der Waals surface area contributed by atoms with Crippen LogP contribution < -0.4 is 5.73 Å². The molecule has 1 atom stereocenters. The molecular formula is C8H11FN2O. The van der Waals surface area contributed by atoms with Crippen LogP contribution in [0.2, 0.25) is 0 Å². The van der Waals surface area contributed by atoms with Crippen molar-refractivity contribution in [2.24, 2.45) is 5.73 Å². The van der Waals surface area contributed by atoms with E-state index in [-0.39, 0.29) is 11.9 Å². The molecule has 0 spiro atoms. The minimum Gasteiger partial charge on any atom is -0.383 e. The van der Waals surface area contributed by atoms with Crippen LogP contribution in [0.5, 0.6) is 0 Å². The largest absolute Gasteiger partial charge is 0.383 e. The average Bonchev–Trinajstić information content (AvgIpc) is 2.05. The molecule has 0 aromatic carbocycles. The molecule has 2 N–H and O–H groups in total. The molecule has 4 heteroatoms. The number of rotatable bonds is 3. The predicted octanol–water partition coefficient (Wildman–Crippen LogP) is 0.867. The third-order valence-electron chi connectivity index (χ3n) is 1.50. The Hall–Kier alpha value is -1.00.